The fourth-order valence-electron chi connectivity index (χ4n) is 2.57. The Kier molecular flexibility index (Phi) is 5.94. The highest BCUT2D eigenvalue weighted by molar-refractivity contribution is 7.09. The zero-order chi connectivity index (χ0) is 14.4. The normalized spacial score (nSPS) is 17.3. The zero-order valence-corrected chi connectivity index (χ0v) is 12.9. The summed E-state index contributed by atoms with van der Waals surface area (Å²) >= 11 is 1.44. The van der Waals surface area contributed by atoms with Crippen LogP contribution in [0.2, 0.25) is 0 Å². The Bertz CT molecular complexity index is 427. The molecule has 2 heterocycles. The Balaban J connectivity index is 1.71. The standard InChI is InChI=1S/C14H24N4OS/c1-2-5-18-6-3-11(4-7-18)9-16-14(19)12-10-20-13(8-15)17-12/h10-11H,2-9,15H2,1H3,(H,16,19). The first kappa shape index (κ1) is 15.4. The molecule has 1 aromatic rings. The van der Waals surface area contributed by atoms with Gasteiger partial charge in [-0.3, -0.25) is 4.79 Å². The van der Waals surface area contributed by atoms with Crippen LogP contribution < -0.4 is 11.1 Å². The lowest BCUT2D eigenvalue weighted by Crippen LogP contribution is -2.39. The Morgan fingerprint density at radius 1 is 1.55 bits per heavy atom. The van der Waals surface area contributed by atoms with E-state index in [9.17, 15) is 4.79 Å². The Hall–Kier alpha value is -0.980. The summed E-state index contributed by atoms with van der Waals surface area (Å²) in [5, 5.41) is 5.59. The molecular formula is C14H24N4OS. The molecule has 1 amide bonds. The molecule has 2 rings (SSSR count). The first-order chi connectivity index (χ1) is 9.72. The van der Waals surface area contributed by atoms with E-state index in [-0.39, 0.29) is 5.91 Å². The Labute approximate surface area is 124 Å². The number of carbonyl (C=O) groups excluding carboxylic acids is 1. The summed E-state index contributed by atoms with van der Waals surface area (Å²) < 4.78 is 0. The molecule has 1 aliphatic heterocycles. The molecule has 0 aromatic carbocycles. The molecule has 112 valence electrons. The summed E-state index contributed by atoms with van der Waals surface area (Å²) in [6.07, 6.45) is 3.56. The summed E-state index contributed by atoms with van der Waals surface area (Å²) in [7, 11) is 0. The highest BCUT2D eigenvalue weighted by Gasteiger charge is 2.19. The predicted molar refractivity (Wildman–Crippen MR) is 81.8 cm³/mol. The van der Waals surface area contributed by atoms with Crippen molar-refractivity contribution in [3.63, 3.8) is 0 Å². The van der Waals surface area contributed by atoms with Crippen LogP contribution in [0.1, 0.15) is 41.7 Å². The lowest BCUT2D eigenvalue weighted by atomic mass is 9.96. The lowest BCUT2D eigenvalue weighted by molar-refractivity contribution is 0.0932. The fourth-order valence-corrected chi connectivity index (χ4v) is 3.22. The molecule has 20 heavy (non-hydrogen) atoms. The summed E-state index contributed by atoms with van der Waals surface area (Å²) in [5.41, 5.74) is 6.00. The van der Waals surface area contributed by atoms with E-state index in [4.69, 9.17) is 5.73 Å². The number of hydrogen-bond donors (Lipinski definition) is 2. The van der Waals surface area contributed by atoms with Crippen LogP contribution in [0.5, 0.6) is 0 Å². The van der Waals surface area contributed by atoms with Gasteiger partial charge in [-0.15, -0.1) is 11.3 Å². The van der Waals surface area contributed by atoms with Crippen molar-refractivity contribution >= 4 is 17.2 Å². The van der Waals surface area contributed by atoms with Crippen LogP contribution in [0.25, 0.3) is 0 Å². The van der Waals surface area contributed by atoms with Crippen LogP contribution in [-0.2, 0) is 6.54 Å². The summed E-state index contributed by atoms with van der Waals surface area (Å²) in [5.74, 6) is 0.525. The summed E-state index contributed by atoms with van der Waals surface area (Å²) in [4.78, 5) is 18.7. The van der Waals surface area contributed by atoms with Crippen LogP contribution in [-0.4, -0.2) is 42.0 Å². The van der Waals surface area contributed by atoms with E-state index in [0.29, 0.717) is 18.2 Å². The van der Waals surface area contributed by atoms with Gasteiger partial charge in [0.2, 0.25) is 0 Å². The predicted octanol–water partition coefficient (Wildman–Crippen LogP) is 1.45. The van der Waals surface area contributed by atoms with Gasteiger partial charge in [-0.25, -0.2) is 4.98 Å². The van der Waals surface area contributed by atoms with Crippen LogP contribution in [0.15, 0.2) is 5.38 Å². The highest BCUT2D eigenvalue weighted by atomic mass is 32.1. The van der Waals surface area contributed by atoms with Gasteiger partial charge in [0.15, 0.2) is 0 Å². The van der Waals surface area contributed by atoms with Gasteiger partial charge in [0, 0.05) is 18.5 Å². The topological polar surface area (TPSA) is 71.2 Å². The molecule has 0 atom stereocenters. The minimum Gasteiger partial charge on any atom is -0.350 e. The first-order valence-corrected chi connectivity index (χ1v) is 8.26. The van der Waals surface area contributed by atoms with E-state index in [2.05, 4.69) is 22.1 Å². The molecule has 0 saturated carbocycles. The second-order valence-corrected chi connectivity index (χ2v) is 6.27. The molecule has 0 aliphatic carbocycles. The fraction of sp³-hybridized carbons (Fsp3) is 0.714. The maximum Gasteiger partial charge on any atom is 0.270 e. The summed E-state index contributed by atoms with van der Waals surface area (Å²) in [6.45, 7) is 6.88. The maximum absolute atomic E-state index is 12.0. The molecule has 0 bridgehead atoms. The van der Waals surface area contributed by atoms with Crippen molar-refractivity contribution in [1.82, 2.24) is 15.2 Å². The molecular weight excluding hydrogens is 272 g/mol. The highest BCUT2D eigenvalue weighted by Crippen LogP contribution is 2.16. The van der Waals surface area contributed by atoms with Crippen molar-refractivity contribution in [3.8, 4) is 0 Å². The van der Waals surface area contributed by atoms with Crippen LogP contribution >= 0.6 is 11.3 Å². The van der Waals surface area contributed by atoms with E-state index in [1.807, 2.05) is 0 Å². The number of nitrogens with one attached hydrogen (secondary N) is 1. The molecule has 3 N–H and O–H groups in total. The third-order valence-electron chi connectivity index (χ3n) is 3.76. The molecule has 1 saturated heterocycles. The van der Waals surface area contributed by atoms with E-state index in [1.165, 1.54) is 37.1 Å². The first-order valence-electron chi connectivity index (χ1n) is 7.38. The van der Waals surface area contributed by atoms with Gasteiger partial charge in [-0.2, -0.15) is 0 Å². The minimum atomic E-state index is -0.0723. The molecule has 6 heteroatoms. The number of likely N-dealkylation sites (tertiary alicyclic amines) is 1. The Morgan fingerprint density at radius 2 is 2.30 bits per heavy atom. The van der Waals surface area contributed by atoms with Crippen LogP contribution in [0.4, 0.5) is 0 Å². The smallest absolute Gasteiger partial charge is 0.270 e. The van der Waals surface area contributed by atoms with Gasteiger partial charge in [0.05, 0.1) is 0 Å². The number of amides is 1. The number of hydrogen-bond acceptors (Lipinski definition) is 5. The quantitative estimate of drug-likeness (QED) is 0.833. The van der Waals surface area contributed by atoms with E-state index in [1.54, 1.807) is 5.38 Å². The molecule has 1 fully saturated rings. The number of piperidine rings is 1. The third-order valence-corrected chi connectivity index (χ3v) is 4.63. The van der Waals surface area contributed by atoms with Crippen molar-refractivity contribution in [3.05, 3.63) is 16.1 Å². The van der Waals surface area contributed by atoms with Crippen molar-refractivity contribution in [2.45, 2.75) is 32.7 Å². The average molecular weight is 296 g/mol. The van der Waals surface area contributed by atoms with Crippen molar-refractivity contribution < 1.29 is 4.79 Å². The van der Waals surface area contributed by atoms with Gasteiger partial charge in [-0.1, -0.05) is 6.92 Å². The van der Waals surface area contributed by atoms with Crippen molar-refractivity contribution in [2.75, 3.05) is 26.2 Å². The molecule has 5 nitrogen and oxygen atoms in total. The van der Waals surface area contributed by atoms with E-state index < -0.39 is 0 Å². The van der Waals surface area contributed by atoms with Gasteiger partial charge < -0.3 is 16.0 Å². The summed E-state index contributed by atoms with van der Waals surface area (Å²) in [6, 6.07) is 0. The second kappa shape index (κ2) is 7.71. The van der Waals surface area contributed by atoms with Gasteiger partial charge >= 0.3 is 0 Å². The molecule has 0 spiro atoms. The zero-order valence-electron chi connectivity index (χ0n) is 12.1. The number of thiazole rings is 1. The van der Waals surface area contributed by atoms with Crippen molar-refractivity contribution in [1.29, 1.82) is 0 Å². The Morgan fingerprint density at radius 3 is 2.90 bits per heavy atom. The van der Waals surface area contributed by atoms with Gasteiger partial charge in [0.25, 0.3) is 5.91 Å². The molecule has 1 aliphatic rings. The van der Waals surface area contributed by atoms with E-state index >= 15 is 0 Å². The van der Waals surface area contributed by atoms with Crippen LogP contribution in [0.3, 0.4) is 0 Å². The monoisotopic (exact) mass is 296 g/mol. The number of carbonyl (C=O) groups is 1. The second-order valence-electron chi connectivity index (χ2n) is 5.33. The lowest BCUT2D eigenvalue weighted by Gasteiger charge is -2.31. The molecule has 0 unspecified atom stereocenters. The van der Waals surface area contributed by atoms with E-state index in [0.717, 1.165) is 24.6 Å². The number of nitrogens with zero attached hydrogens (tertiary/aromatic N) is 2. The third kappa shape index (κ3) is 4.26. The van der Waals surface area contributed by atoms with Crippen molar-refractivity contribution in [2.24, 2.45) is 11.7 Å². The average Bonchev–Trinajstić information content (AvgIpc) is 2.95. The maximum atomic E-state index is 12.0. The molecule has 0 radical (unpaired) electrons. The number of nitrogens with two attached hydrogens (primary N) is 1. The number of rotatable bonds is 6. The van der Waals surface area contributed by atoms with Gasteiger partial charge in [-0.05, 0) is 44.8 Å². The van der Waals surface area contributed by atoms with Gasteiger partial charge in [0.1, 0.15) is 10.7 Å². The van der Waals surface area contributed by atoms with Crippen LogP contribution in [0, 0.1) is 5.92 Å². The number of aromatic nitrogens is 1. The molecule has 1 aromatic heterocycles. The largest absolute Gasteiger partial charge is 0.350 e. The minimum absolute atomic E-state index is 0.0723. The SMILES string of the molecule is CCCN1CCC(CNC(=O)c2csc(CN)n2)CC1.